The van der Waals surface area contributed by atoms with Crippen LogP contribution in [0.3, 0.4) is 0 Å². The van der Waals surface area contributed by atoms with E-state index in [1.165, 1.54) is 0 Å². The molecule has 1 aromatic carbocycles. The number of para-hydroxylation sites is 1. The average Bonchev–Trinajstić information content (AvgIpc) is 2.16. The molecule has 0 saturated heterocycles. The molecule has 2 rings (SSSR count). The largest absolute Gasteiger partial charge is 0.496 e. The first kappa shape index (κ1) is 10.2. The Labute approximate surface area is 90.3 Å². The summed E-state index contributed by atoms with van der Waals surface area (Å²) in [7, 11) is 1.66. The molecule has 1 aliphatic rings. The topological polar surface area (TPSA) is 26.3 Å². The first-order valence-electron chi connectivity index (χ1n) is 5.35. The molecule has 0 N–H and O–H groups in total. The summed E-state index contributed by atoms with van der Waals surface area (Å²) >= 11 is 0. The van der Waals surface area contributed by atoms with Crippen LogP contribution in [0.15, 0.2) is 24.3 Å². The molecule has 1 aromatic rings. The lowest BCUT2D eigenvalue weighted by molar-refractivity contribution is -0.125. The van der Waals surface area contributed by atoms with Gasteiger partial charge in [0.2, 0.25) is 0 Å². The summed E-state index contributed by atoms with van der Waals surface area (Å²) < 4.78 is 5.33. The highest BCUT2D eigenvalue weighted by Crippen LogP contribution is 2.47. The van der Waals surface area contributed by atoms with Gasteiger partial charge in [-0.2, -0.15) is 0 Å². The highest BCUT2D eigenvalue weighted by atomic mass is 16.5. The van der Waals surface area contributed by atoms with Crippen molar-refractivity contribution in [2.45, 2.75) is 31.6 Å². The van der Waals surface area contributed by atoms with Crippen molar-refractivity contribution in [3.05, 3.63) is 29.8 Å². The van der Waals surface area contributed by atoms with E-state index < -0.39 is 0 Å². The Bertz CT molecular complexity index is 378. The van der Waals surface area contributed by atoms with E-state index in [9.17, 15) is 4.79 Å². The van der Waals surface area contributed by atoms with E-state index in [4.69, 9.17) is 4.74 Å². The molecule has 0 bridgehead atoms. The van der Waals surface area contributed by atoms with Crippen LogP contribution in [0.1, 0.15) is 31.7 Å². The molecule has 80 valence electrons. The van der Waals surface area contributed by atoms with Crippen LogP contribution in [0.4, 0.5) is 0 Å². The lowest BCUT2D eigenvalue weighted by Gasteiger charge is -2.40. The van der Waals surface area contributed by atoms with Crippen LogP contribution in [-0.4, -0.2) is 12.9 Å². The van der Waals surface area contributed by atoms with Gasteiger partial charge in [-0.3, -0.25) is 4.79 Å². The third kappa shape index (κ3) is 1.44. The molecule has 0 spiro atoms. The second kappa shape index (κ2) is 3.69. The van der Waals surface area contributed by atoms with Gasteiger partial charge >= 0.3 is 0 Å². The van der Waals surface area contributed by atoms with Gasteiger partial charge < -0.3 is 4.74 Å². The number of hydrogen-bond donors (Lipinski definition) is 0. The number of carbonyl (C=O) groups is 1. The lowest BCUT2D eigenvalue weighted by atomic mass is 9.62. The molecule has 0 aromatic heterocycles. The maximum absolute atomic E-state index is 11.8. The number of Topliss-reactive ketones (excluding diaryl/α,β-unsaturated/α-hetero) is 1. The van der Waals surface area contributed by atoms with E-state index in [2.05, 4.69) is 0 Å². The zero-order valence-electron chi connectivity index (χ0n) is 9.25. The molecular formula is C13H16O2. The number of carbonyl (C=O) groups excluding carboxylic acids is 1. The Kier molecular flexibility index (Phi) is 2.51. The molecule has 0 heterocycles. The summed E-state index contributed by atoms with van der Waals surface area (Å²) in [5.41, 5.74) is 0.804. The van der Waals surface area contributed by atoms with E-state index in [1.54, 1.807) is 14.0 Å². The van der Waals surface area contributed by atoms with Crippen molar-refractivity contribution in [3.8, 4) is 5.75 Å². The van der Waals surface area contributed by atoms with Crippen LogP contribution >= 0.6 is 0 Å². The van der Waals surface area contributed by atoms with Crippen LogP contribution < -0.4 is 4.74 Å². The summed E-state index contributed by atoms with van der Waals surface area (Å²) in [5, 5.41) is 0. The van der Waals surface area contributed by atoms with E-state index in [1.807, 2.05) is 24.3 Å². The highest BCUT2D eigenvalue weighted by Gasteiger charge is 2.44. The van der Waals surface area contributed by atoms with E-state index in [0.717, 1.165) is 30.6 Å². The van der Waals surface area contributed by atoms with Crippen LogP contribution in [-0.2, 0) is 10.2 Å². The fourth-order valence-electron chi connectivity index (χ4n) is 2.38. The molecule has 0 atom stereocenters. The van der Waals surface area contributed by atoms with Crippen LogP contribution in [0.5, 0.6) is 5.75 Å². The summed E-state index contributed by atoms with van der Waals surface area (Å²) in [6.07, 6.45) is 3.06. The van der Waals surface area contributed by atoms with Gasteiger partial charge in [0.1, 0.15) is 11.5 Å². The van der Waals surface area contributed by atoms with Gasteiger partial charge in [-0.25, -0.2) is 0 Å². The lowest BCUT2D eigenvalue weighted by Crippen LogP contribution is -2.41. The maximum Gasteiger partial charge on any atom is 0.140 e. The Balaban J connectivity index is 2.47. The average molecular weight is 204 g/mol. The molecule has 1 aliphatic carbocycles. The van der Waals surface area contributed by atoms with E-state index in [-0.39, 0.29) is 11.2 Å². The SMILES string of the molecule is COc1ccccc1C1(C(C)=O)CCC1. The number of methoxy groups -OCH3 is 1. The van der Waals surface area contributed by atoms with Crippen molar-refractivity contribution < 1.29 is 9.53 Å². The zero-order valence-corrected chi connectivity index (χ0v) is 9.25. The fourth-order valence-corrected chi connectivity index (χ4v) is 2.38. The van der Waals surface area contributed by atoms with Gasteiger partial charge in [0, 0.05) is 5.56 Å². The normalized spacial score (nSPS) is 18.0. The Morgan fingerprint density at radius 2 is 2.00 bits per heavy atom. The predicted molar refractivity (Wildman–Crippen MR) is 59.2 cm³/mol. The molecule has 15 heavy (non-hydrogen) atoms. The predicted octanol–water partition coefficient (Wildman–Crippen LogP) is 2.71. The van der Waals surface area contributed by atoms with Crippen molar-refractivity contribution in [2.24, 2.45) is 0 Å². The van der Waals surface area contributed by atoms with Crippen LogP contribution in [0.2, 0.25) is 0 Å². The van der Waals surface area contributed by atoms with Crippen molar-refractivity contribution in [1.29, 1.82) is 0 Å². The summed E-state index contributed by atoms with van der Waals surface area (Å²) in [4.78, 5) is 11.8. The van der Waals surface area contributed by atoms with Gasteiger partial charge in [-0.1, -0.05) is 24.6 Å². The molecule has 0 amide bonds. The number of ketones is 1. The van der Waals surface area contributed by atoms with Crippen molar-refractivity contribution in [1.82, 2.24) is 0 Å². The molecule has 0 radical (unpaired) electrons. The second-order valence-electron chi connectivity index (χ2n) is 4.19. The molecule has 0 unspecified atom stereocenters. The number of hydrogen-bond acceptors (Lipinski definition) is 2. The highest BCUT2D eigenvalue weighted by molar-refractivity contribution is 5.89. The second-order valence-corrected chi connectivity index (χ2v) is 4.19. The van der Waals surface area contributed by atoms with Gasteiger partial charge in [0.15, 0.2) is 0 Å². The summed E-state index contributed by atoms with van der Waals surface area (Å²) in [6.45, 7) is 1.69. The molecular weight excluding hydrogens is 188 g/mol. The fraction of sp³-hybridized carbons (Fsp3) is 0.462. The minimum Gasteiger partial charge on any atom is -0.496 e. The number of rotatable bonds is 3. The quantitative estimate of drug-likeness (QED) is 0.756. The smallest absolute Gasteiger partial charge is 0.140 e. The zero-order chi connectivity index (χ0) is 10.9. The maximum atomic E-state index is 11.8. The molecule has 2 heteroatoms. The van der Waals surface area contributed by atoms with Gasteiger partial charge in [-0.05, 0) is 25.8 Å². The third-order valence-electron chi connectivity index (χ3n) is 3.50. The Hall–Kier alpha value is -1.31. The first-order valence-corrected chi connectivity index (χ1v) is 5.35. The van der Waals surface area contributed by atoms with Crippen molar-refractivity contribution >= 4 is 5.78 Å². The third-order valence-corrected chi connectivity index (χ3v) is 3.50. The Morgan fingerprint density at radius 3 is 2.47 bits per heavy atom. The van der Waals surface area contributed by atoms with E-state index in [0.29, 0.717) is 0 Å². The molecule has 0 aliphatic heterocycles. The van der Waals surface area contributed by atoms with Crippen molar-refractivity contribution in [2.75, 3.05) is 7.11 Å². The molecule has 1 saturated carbocycles. The minimum atomic E-state index is -0.257. The standard InChI is InChI=1S/C13H16O2/c1-10(14)13(8-5-9-13)11-6-3-4-7-12(11)15-2/h3-4,6-7H,5,8-9H2,1-2H3. The minimum absolute atomic E-state index is 0.257. The van der Waals surface area contributed by atoms with Crippen LogP contribution in [0, 0.1) is 0 Å². The number of ether oxygens (including phenoxy) is 1. The molecule has 2 nitrogen and oxygen atoms in total. The monoisotopic (exact) mass is 204 g/mol. The summed E-state index contributed by atoms with van der Waals surface area (Å²) in [5.74, 6) is 1.10. The van der Waals surface area contributed by atoms with Gasteiger partial charge in [-0.15, -0.1) is 0 Å². The van der Waals surface area contributed by atoms with Gasteiger partial charge in [0.05, 0.1) is 12.5 Å². The van der Waals surface area contributed by atoms with E-state index >= 15 is 0 Å². The first-order chi connectivity index (χ1) is 7.20. The molecule has 1 fully saturated rings. The Morgan fingerprint density at radius 1 is 1.33 bits per heavy atom. The van der Waals surface area contributed by atoms with Crippen molar-refractivity contribution in [3.63, 3.8) is 0 Å². The number of benzene rings is 1. The van der Waals surface area contributed by atoms with Gasteiger partial charge in [0.25, 0.3) is 0 Å². The van der Waals surface area contributed by atoms with Crippen LogP contribution in [0.25, 0.3) is 0 Å². The summed E-state index contributed by atoms with van der Waals surface area (Å²) in [6, 6.07) is 7.85.